The van der Waals surface area contributed by atoms with Crippen LogP contribution in [0.3, 0.4) is 0 Å². The van der Waals surface area contributed by atoms with Crippen molar-refractivity contribution in [2.45, 2.75) is 12.1 Å². The molecule has 1 unspecified atom stereocenters. The van der Waals surface area contributed by atoms with E-state index in [2.05, 4.69) is 0 Å². The highest BCUT2D eigenvalue weighted by Gasteiger charge is 2.35. The molecule has 0 aromatic heterocycles. The predicted octanol–water partition coefficient (Wildman–Crippen LogP) is -0.00160. The van der Waals surface area contributed by atoms with E-state index < -0.39 is 18.1 Å². The maximum absolute atomic E-state index is 12.3. The van der Waals surface area contributed by atoms with E-state index >= 15 is 0 Å². The molecule has 1 amide bonds. The molecule has 1 aliphatic rings. The number of hydrogen-bond donors (Lipinski definition) is 2. The minimum atomic E-state index is -1.08. The summed E-state index contributed by atoms with van der Waals surface area (Å²) in [4.78, 5) is 24.7. The van der Waals surface area contributed by atoms with Gasteiger partial charge in [-0.05, 0) is 5.56 Å². The van der Waals surface area contributed by atoms with Crippen LogP contribution in [0.5, 0.6) is 0 Å². The molecule has 0 radical (unpaired) electrons. The molecule has 102 valence electrons. The third-order valence-corrected chi connectivity index (χ3v) is 3.12. The molecule has 0 bridgehead atoms. The van der Waals surface area contributed by atoms with E-state index in [-0.39, 0.29) is 19.1 Å². The van der Waals surface area contributed by atoms with Crippen molar-refractivity contribution >= 4 is 11.9 Å². The fourth-order valence-corrected chi connectivity index (χ4v) is 2.05. The molecule has 1 aliphatic heterocycles. The number of morpholine rings is 1. The molecule has 0 aliphatic carbocycles. The molecule has 1 aromatic carbocycles. The smallest absolute Gasteiger partial charge is 0.328 e. The Morgan fingerprint density at radius 2 is 2.05 bits per heavy atom. The number of carbonyl (C=O) groups is 2. The lowest BCUT2D eigenvalue weighted by Gasteiger charge is -2.34. The Morgan fingerprint density at radius 1 is 1.37 bits per heavy atom. The largest absolute Gasteiger partial charge is 0.480 e. The Hall–Kier alpha value is -1.92. The lowest BCUT2D eigenvalue weighted by Crippen LogP contribution is -2.54. The Bertz CT molecular complexity index is 463. The van der Waals surface area contributed by atoms with Gasteiger partial charge in [0.1, 0.15) is 6.04 Å². The Morgan fingerprint density at radius 3 is 2.68 bits per heavy atom. The standard InChI is InChI=1S/C13H16N2O4/c14-11(9-4-2-1-3-5-9)12(16)15-6-7-19-8-10(15)13(17)18/h1-5,10-11H,6-8,14H2,(H,17,18)/t10?,11-/m0/s1. The van der Waals surface area contributed by atoms with Crippen LogP contribution < -0.4 is 5.73 Å². The van der Waals surface area contributed by atoms with Gasteiger partial charge in [0.15, 0.2) is 6.04 Å². The Kier molecular flexibility index (Phi) is 4.13. The SMILES string of the molecule is N[C@H](C(=O)N1CCOCC1C(=O)O)c1ccccc1. The summed E-state index contributed by atoms with van der Waals surface area (Å²) in [6.07, 6.45) is 0. The number of aliphatic carboxylic acids is 1. The molecule has 19 heavy (non-hydrogen) atoms. The maximum atomic E-state index is 12.3. The van der Waals surface area contributed by atoms with Gasteiger partial charge in [0.2, 0.25) is 5.91 Å². The van der Waals surface area contributed by atoms with Gasteiger partial charge in [0.25, 0.3) is 0 Å². The van der Waals surface area contributed by atoms with Crippen LogP contribution in [0, 0.1) is 0 Å². The fraction of sp³-hybridized carbons (Fsp3) is 0.385. The molecule has 2 atom stereocenters. The minimum Gasteiger partial charge on any atom is -0.480 e. The lowest BCUT2D eigenvalue weighted by atomic mass is 10.1. The number of ether oxygens (including phenoxy) is 1. The van der Waals surface area contributed by atoms with Crippen molar-refractivity contribution in [1.29, 1.82) is 0 Å². The van der Waals surface area contributed by atoms with Crippen molar-refractivity contribution in [3.8, 4) is 0 Å². The molecule has 1 fully saturated rings. The molecule has 2 rings (SSSR count). The summed E-state index contributed by atoms with van der Waals surface area (Å²) >= 11 is 0. The summed E-state index contributed by atoms with van der Waals surface area (Å²) < 4.78 is 5.09. The van der Waals surface area contributed by atoms with Crippen LogP contribution >= 0.6 is 0 Å². The molecular formula is C13H16N2O4. The predicted molar refractivity (Wildman–Crippen MR) is 67.3 cm³/mol. The number of rotatable bonds is 3. The normalized spacial score (nSPS) is 20.9. The zero-order valence-electron chi connectivity index (χ0n) is 10.4. The van der Waals surface area contributed by atoms with Crippen molar-refractivity contribution < 1.29 is 19.4 Å². The number of benzene rings is 1. The summed E-state index contributed by atoms with van der Waals surface area (Å²) in [7, 11) is 0. The molecule has 1 aromatic rings. The molecule has 1 saturated heterocycles. The van der Waals surface area contributed by atoms with Crippen molar-refractivity contribution in [2.24, 2.45) is 5.73 Å². The molecule has 3 N–H and O–H groups in total. The van der Waals surface area contributed by atoms with Gasteiger partial charge >= 0.3 is 5.97 Å². The van der Waals surface area contributed by atoms with E-state index in [1.54, 1.807) is 24.3 Å². The van der Waals surface area contributed by atoms with Gasteiger partial charge in [-0.25, -0.2) is 4.79 Å². The van der Waals surface area contributed by atoms with Crippen LogP contribution in [0.4, 0.5) is 0 Å². The van der Waals surface area contributed by atoms with Crippen LogP contribution in [-0.4, -0.2) is 47.7 Å². The van der Waals surface area contributed by atoms with Gasteiger partial charge in [-0.15, -0.1) is 0 Å². The van der Waals surface area contributed by atoms with Crippen molar-refractivity contribution in [1.82, 2.24) is 4.90 Å². The number of hydrogen-bond acceptors (Lipinski definition) is 4. The molecule has 0 saturated carbocycles. The molecular weight excluding hydrogens is 248 g/mol. The van der Waals surface area contributed by atoms with Crippen LogP contribution in [-0.2, 0) is 14.3 Å². The van der Waals surface area contributed by atoms with E-state index in [1.807, 2.05) is 6.07 Å². The topological polar surface area (TPSA) is 92.9 Å². The fourth-order valence-electron chi connectivity index (χ4n) is 2.05. The van der Waals surface area contributed by atoms with E-state index in [4.69, 9.17) is 15.6 Å². The second-order valence-corrected chi connectivity index (χ2v) is 4.35. The van der Waals surface area contributed by atoms with Crippen LogP contribution in [0.1, 0.15) is 11.6 Å². The average molecular weight is 264 g/mol. The molecule has 6 nitrogen and oxygen atoms in total. The van der Waals surface area contributed by atoms with Crippen LogP contribution in [0.25, 0.3) is 0 Å². The van der Waals surface area contributed by atoms with Crippen molar-refractivity contribution in [2.75, 3.05) is 19.8 Å². The summed E-state index contributed by atoms with van der Waals surface area (Å²) in [6.45, 7) is 0.579. The van der Waals surface area contributed by atoms with Crippen LogP contribution in [0.15, 0.2) is 30.3 Å². The van der Waals surface area contributed by atoms with Crippen molar-refractivity contribution in [3.63, 3.8) is 0 Å². The zero-order chi connectivity index (χ0) is 13.8. The quantitative estimate of drug-likeness (QED) is 0.801. The van der Waals surface area contributed by atoms with E-state index in [0.29, 0.717) is 12.2 Å². The highest BCUT2D eigenvalue weighted by Crippen LogP contribution is 2.17. The number of nitrogens with two attached hydrogens (primary N) is 1. The highest BCUT2D eigenvalue weighted by molar-refractivity contribution is 5.88. The van der Waals surface area contributed by atoms with E-state index in [1.165, 1.54) is 4.90 Å². The van der Waals surface area contributed by atoms with Crippen LogP contribution in [0.2, 0.25) is 0 Å². The van der Waals surface area contributed by atoms with Gasteiger partial charge < -0.3 is 20.5 Å². The van der Waals surface area contributed by atoms with Gasteiger partial charge in [-0.1, -0.05) is 30.3 Å². The number of carboxylic acid groups (broad SMARTS) is 1. The second-order valence-electron chi connectivity index (χ2n) is 4.35. The molecule has 6 heteroatoms. The highest BCUT2D eigenvalue weighted by atomic mass is 16.5. The maximum Gasteiger partial charge on any atom is 0.328 e. The number of carboxylic acids is 1. The third-order valence-electron chi connectivity index (χ3n) is 3.12. The van der Waals surface area contributed by atoms with Gasteiger partial charge in [0, 0.05) is 6.54 Å². The average Bonchev–Trinajstić information content (AvgIpc) is 2.46. The first-order valence-electron chi connectivity index (χ1n) is 6.03. The number of amides is 1. The van der Waals surface area contributed by atoms with Gasteiger partial charge in [0.05, 0.1) is 13.2 Å². The lowest BCUT2D eigenvalue weighted by molar-refractivity contribution is -0.159. The third kappa shape index (κ3) is 2.91. The summed E-state index contributed by atoms with van der Waals surface area (Å²) in [5.74, 6) is -1.46. The zero-order valence-corrected chi connectivity index (χ0v) is 10.4. The first-order valence-corrected chi connectivity index (χ1v) is 6.03. The van der Waals surface area contributed by atoms with Gasteiger partial charge in [-0.3, -0.25) is 4.79 Å². The monoisotopic (exact) mass is 264 g/mol. The van der Waals surface area contributed by atoms with Gasteiger partial charge in [-0.2, -0.15) is 0 Å². The van der Waals surface area contributed by atoms with E-state index in [9.17, 15) is 9.59 Å². The minimum absolute atomic E-state index is 0.00256. The first-order chi connectivity index (χ1) is 9.11. The van der Waals surface area contributed by atoms with Crippen molar-refractivity contribution in [3.05, 3.63) is 35.9 Å². The number of carbonyl (C=O) groups excluding carboxylic acids is 1. The summed E-state index contributed by atoms with van der Waals surface area (Å²) in [5.41, 5.74) is 6.58. The Balaban J connectivity index is 2.15. The Labute approximate surface area is 110 Å². The van der Waals surface area contributed by atoms with E-state index in [0.717, 1.165) is 0 Å². The summed E-state index contributed by atoms with van der Waals surface area (Å²) in [5, 5.41) is 9.10. The first kappa shape index (κ1) is 13.5. The molecule has 1 heterocycles. The summed E-state index contributed by atoms with van der Waals surface area (Å²) in [6, 6.07) is 7.09. The second kappa shape index (κ2) is 5.81. The molecule has 0 spiro atoms. The number of nitrogens with zero attached hydrogens (tertiary/aromatic N) is 1.